The molecule has 8 rings (SSSR count). The minimum absolute atomic E-state index is 0.0438. The number of esters is 2. The van der Waals surface area contributed by atoms with Crippen molar-refractivity contribution in [2.45, 2.75) is 78.4 Å². The lowest BCUT2D eigenvalue weighted by atomic mass is 9.82. The van der Waals surface area contributed by atoms with Gasteiger partial charge in [0.15, 0.2) is 23.3 Å². The first-order valence-corrected chi connectivity index (χ1v) is 21.9. The van der Waals surface area contributed by atoms with Gasteiger partial charge in [0.25, 0.3) is 11.1 Å². The first kappa shape index (κ1) is 50.2. The van der Waals surface area contributed by atoms with Crippen molar-refractivity contribution in [3.8, 4) is 0 Å². The van der Waals surface area contributed by atoms with Gasteiger partial charge >= 0.3 is 11.9 Å². The Labute approximate surface area is 397 Å². The van der Waals surface area contributed by atoms with Gasteiger partial charge in [-0.15, -0.1) is 0 Å². The second-order valence-corrected chi connectivity index (χ2v) is 18.7. The van der Waals surface area contributed by atoms with E-state index in [-0.39, 0.29) is 40.7 Å². The monoisotopic (exact) mass is 982 g/mol. The van der Waals surface area contributed by atoms with Gasteiger partial charge in [-0.2, -0.15) is 0 Å². The van der Waals surface area contributed by atoms with E-state index in [2.05, 4.69) is 39.1 Å². The Balaban J connectivity index is 0.000000188. The third-order valence-corrected chi connectivity index (χ3v) is 11.1. The van der Waals surface area contributed by atoms with Gasteiger partial charge in [-0.25, -0.2) is 37.1 Å². The van der Waals surface area contributed by atoms with Gasteiger partial charge in [-0.3, -0.25) is 9.59 Å². The molecule has 12 nitrogen and oxygen atoms in total. The van der Waals surface area contributed by atoms with E-state index in [1.165, 1.54) is 23.4 Å². The molecule has 1 amide bonds. The average Bonchev–Trinajstić information content (AvgIpc) is 3.74. The smallest absolute Gasteiger partial charge is 0.342 e. The van der Waals surface area contributed by atoms with E-state index in [0.717, 1.165) is 58.2 Å². The molecule has 0 atom stereocenters. The molecule has 0 saturated heterocycles. The van der Waals surface area contributed by atoms with Gasteiger partial charge in [0.2, 0.25) is 0 Å². The number of ether oxygens (including phenoxy) is 2. The predicted octanol–water partition coefficient (Wildman–Crippen LogP) is 11.0. The fourth-order valence-corrected chi connectivity index (χ4v) is 8.09. The number of nitrogens with zero attached hydrogens (tertiary/aromatic N) is 3. The van der Waals surface area contributed by atoms with Gasteiger partial charge < -0.3 is 29.7 Å². The summed E-state index contributed by atoms with van der Waals surface area (Å²) in [5, 5.41) is 5.06. The largest absolute Gasteiger partial charge is 0.459 e. The average molecular weight is 984 g/mol. The zero-order valence-corrected chi connectivity index (χ0v) is 39.7. The second kappa shape index (κ2) is 19.9. The highest BCUT2D eigenvalue weighted by Crippen LogP contribution is 2.42. The number of carbonyl (C=O) groups excluding carboxylic acids is 4. The summed E-state index contributed by atoms with van der Waals surface area (Å²) in [5.41, 5.74) is 3.89. The molecule has 0 fully saturated rings. The molecule has 0 bridgehead atoms. The van der Waals surface area contributed by atoms with Crippen LogP contribution in [0, 0.1) is 23.3 Å². The Morgan fingerprint density at radius 2 is 1.13 bits per heavy atom. The molecule has 6 aromatic rings. The Kier molecular flexibility index (Phi) is 14.9. The molecule has 6 heterocycles. The quantitative estimate of drug-likeness (QED) is 0.0839. The number of nitrogens with one attached hydrogen (secondary N) is 3. The fourth-order valence-electron chi connectivity index (χ4n) is 7.65. The van der Waals surface area contributed by atoms with Crippen LogP contribution in [-0.4, -0.2) is 73.2 Å². The number of halogens is 7. The van der Waals surface area contributed by atoms with Crippen LogP contribution in [0.5, 0.6) is 0 Å². The summed E-state index contributed by atoms with van der Waals surface area (Å²) in [7, 11) is 0. The van der Waals surface area contributed by atoms with Crippen molar-refractivity contribution >= 4 is 91.1 Å². The predicted molar refractivity (Wildman–Crippen MR) is 249 cm³/mol. The first-order valence-electron chi connectivity index (χ1n) is 20.7. The van der Waals surface area contributed by atoms with Crippen LogP contribution in [0.15, 0.2) is 73.3 Å². The maximum atomic E-state index is 13.8. The van der Waals surface area contributed by atoms with Crippen LogP contribution < -0.4 is 5.32 Å². The van der Waals surface area contributed by atoms with Gasteiger partial charge in [-0.1, -0.05) is 50.9 Å². The molecule has 0 saturated carbocycles. The molecule has 0 spiro atoms. The van der Waals surface area contributed by atoms with Crippen LogP contribution in [-0.2, 0) is 29.9 Å². The number of pyridine rings is 2. The first-order chi connectivity index (χ1) is 31.4. The van der Waals surface area contributed by atoms with Gasteiger partial charge in [0.05, 0.1) is 44.8 Å². The molecule has 0 aliphatic carbocycles. The molecule has 3 N–H and O–H groups in total. The van der Waals surface area contributed by atoms with Crippen LogP contribution in [0.2, 0.25) is 10.0 Å². The van der Waals surface area contributed by atoms with Gasteiger partial charge in [0, 0.05) is 70.6 Å². The summed E-state index contributed by atoms with van der Waals surface area (Å²) in [6.07, 6.45) is 5.63. The second-order valence-electron chi connectivity index (χ2n) is 17.5. The number of fused-ring (bicyclic) bond motifs is 6. The Morgan fingerprint density at radius 1 is 0.672 bits per heavy atom. The van der Waals surface area contributed by atoms with Crippen molar-refractivity contribution in [2.24, 2.45) is 0 Å². The third kappa shape index (κ3) is 11.1. The van der Waals surface area contributed by atoms with E-state index in [1.54, 1.807) is 32.3 Å². The molecule has 0 unspecified atom stereocenters. The Hall–Kier alpha value is -6.23. The van der Waals surface area contributed by atoms with Crippen molar-refractivity contribution in [2.75, 3.05) is 13.1 Å². The van der Waals surface area contributed by atoms with Crippen molar-refractivity contribution < 1.29 is 46.2 Å². The van der Waals surface area contributed by atoms with E-state index < -0.39 is 51.9 Å². The highest BCUT2D eigenvalue weighted by molar-refractivity contribution is 6.67. The van der Waals surface area contributed by atoms with Gasteiger partial charge in [0.1, 0.15) is 11.3 Å². The summed E-state index contributed by atoms with van der Waals surface area (Å²) in [5.74, 6) is -5.82. The SMILES string of the molecule is CC(C)OC(=O)C1=CN(C(=O)c2ccc(F)c(F)c2)CC(C)(C)c2c1[nH]c1ncc(Cl)cc21.CC(C)OC(=O)C1=CNCC(C)(C)c2c1[nH]c1ncc(Cl)cc21.O=C(Cl)c1ccc(F)c(F)c1. The molecule has 2 aromatic carbocycles. The highest BCUT2D eigenvalue weighted by Gasteiger charge is 2.39. The van der Waals surface area contributed by atoms with Crippen molar-refractivity contribution in [3.63, 3.8) is 0 Å². The molecule has 2 aliphatic heterocycles. The lowest BCUT2D eigenvalue weighted by Crippen LogP contribution is -2.37. The van der Waals surface area contributed by atoms with Crippen LogP contribution in [0.3, 0.4) is 0 Å². The number of aromatic nitrogens is 4. The maximum absolute atomic E-state index is 13.8. The molecule has 19 heteroatoms. The van der Waals surface area contributed by atoms with Crippen LogP contribution in [0.4, 0.5) is 17.6 Å². The number of amides is 1. The minimum atomic E-state index is -1.13. The normalized spacial score (nSPS) is 14.8. The summed E-state index contributed by atoms with van der Waals surface area (Å²) in [6, 6.07) is 9.30. The molecule has 67 heavy (non-hydrogen) atoms. The van der Waals surface area contributed by atoms with Crippen molar-refractivity contribution in [1.29, 1.82) is 0 Å². The zero-order valence-electron chi connectivity index (χ0n) is 37.4. The zero-order chi connectivity index (χ0) is 49.3. The number of carbonyl (C=O) groups is 4. The molecule has 352 valence electrons. The fraction of sp³-hybridized carbons (Fsp3) is 0.292. The van der Waals surface area contributed by atoms with Crippen molar-refractivity contribution in [3.05, 3.63) is 140 Å². The number of hydrogen-bond acceptors (Lipinski definition) is 9. The number of benzene rings is 2. The number of H-pyrrole nitrogens is 2. The summed E-state index contributed by atoms with van der Waals surface area (Å²) in [6.45, 7) is 16.0. The molecule has 4 aromatic heterocycles. The topological polar surface area (TPSA) is 159 Å². The van der Waals surface area contributed by atoms with Crippen LogP contribution >= 0.6 is 34.8 Å². The summed E-state index contributed by atoms with van der Waals surface area (Å²) < 4.78 is 62.6. The molecule has 0 radical (unpaired) electrons. The lowest BCUT2D eigenvalue weighted by Gasteiger charge is -2.29. The summed E-state index contributed by atoms with van der Waals surface area (Å²) >= 11 is 17.3. The van der Waals surface area contributed by atoms with E-state index in [0.29, 0.717) is 38.9 Å². The Morgan fingerprint density at radius 3 is 1.63 bits per heavy atom. The summed E-state index contributed by atoms with van der Waals surface area (Å²) in [4.78, 5) is 65.7. The lowest BCUT2D eigenvalue weighted by molar-refractivity contribution is -0.141. The maximum Gasteiger partial charge on any atom is 0.342 e. The van der Waals surface area contributed by atoms with E-state index in [4.69, 9.17) is 44.3 Å². The van der Waals surface area contributed by atoms with E-state index in [9.17, 15) is 36.7 Å². The van der Waals surface area contributed by atoms with Crippen LogP contribution in [0.1, 0.15) is 98.6 Å². The highest BCUT2D eigenvalue weighted by atomic mass is 35.5. The van der Waals surface area contributed by atoms with Crippen LogP contribution in [0.25, 0.3) is 33.2 Å². The van der Waals surface area contributed by atoms with Gasteiger partial charge in [-0.05, 0) is 99.0 Å². The van der Waals surface area contributed by atoms with E-state index >= 15 is 0 Å². The Bertz CT molecular complexity index is 3000. The van der Waals surface area contributed by atoms with E-state index in [1.807, 2.05) is 33.8 Å². The number of hydrogen-bond donors (Lipinski definition) is 3. The standard InChI is InChI=1S/C24H22ClF2N3O3.C17H20ClN3O2.C7H3ClF2O/c1-12(2)33-23(32)16-10-30(22(31)13-5-6-17(26)18(27)7-13)11-24(3,4)19-15-8-14(25)9-28-21(15)29-20(16)19;1-9(2)23-16(22)12-7-19-8-17(3,4)13-11-5-10(18)6-20-15(11)21-14(12)13;8-7(11)4-1-2-5(9)6(10)3-4/h5-10,12H,11H2,1-4H3,(H,28,29);5-7,9,19H,8H2,1-4H3,(H,20,21);1-3H. The number of aromatic amines is 2. The third-order valence-electron chi connectivity index (χ3n) is 10.5. The number of rotatable bonds is 6. The molecular weight excluding hydrogens is 939 g/mol. The molecule has 2 aliphatic rings. The molecular formula is C48H45Cl3F4N6O6. The minimum Gasteiger partial charge on any atom is -0.459 e. The van der Waals surface area contributed by atoms with Crippen molar-refractivity contribution in [1.82, 2.24) is 30.2 Å².